The molecule has 1 fully saturated rings. The second-order valence-electron chi connectivity index (χ2n) is 8.53. The molecule has 0 unspecified atom stereocenters. The topological polar surface area (TPSA) is 98.2 Å². The van der Waals surface area contributed by atoms with E-state index in [9.17, 15) is 13.2 Å². The Morgan fingerprint density at radius 1 is 1.00 bits per heavy atom. The summed E-state index contributed by atoms with van der Waals surface area (Å²) >= 11 is 0. The number of hydrogen-bond acceptors (Lipinski definition) is 6. The normalized spacial score (nSPS) is 18.4. The van der Waals surface area contributed by atoms with Gasteiger partial charge in [-0.2, -0.15) is 0 Å². The van der Waals surface area contributed by atoms with Crippen LogP contribution >= 0.6 is 0 Å². The molecule has 8 heteroatoms. The van der Waals surface area contributed by atoms with Gasteiger partial charge in [0.2, 0.25) is 0 Å². The van der Waals surface area contributed by atoms with E-state index in [1.807, 2.05) is 12.1 Å². The van der Waals surface area contributed by atoms with Crippen LogP contribution in [-0.4, -0.2) is 42.2 Å². The maximum absolute atomic E-state index is 13.6. The highest BCUT2D eigenvalue weighted by molar-refractivity contribution is 7.92. The van der Waals surface area contributed by atoms with Crippen molar-refractivity contribution in [3.8, 4) is 16.9 Å². The van der Waals surface area contributed by atoms with E-state index in [0.29, 0.717) is 47.6 Å². The van der Waals surface area contributed by atoms with Crippen LogP contribution in [0, 0.1) is 0 Å². The van der Waals surface area contributed by atoms with Crippen molar-refractivity contribution in [3.63, 3.8) is 0 Å². The van der Waals surface area contributed by atoms with Crippen molar-refractivity contribution in [1.29, 1.82) is 0 Å². The van der Waals surface area contributed by atoms with E-state index in [4.69, 9.17) is 4.74 Å². The van der Waals surface area contributed by atoms with Crippen molar-refractivity contribution in [3.05, 3.63) is 72.3 Å². The predicted molar refractivity (Wildman–Crippen MR) is 124 cm³/mol. The van der Waals surface area contributed by atoms with Crippen molar-refractivity contribution >= 4 is 15.7 Å². The van der Waals surface area contributed by atoms with Gasteiger partial charge in [-0.1, -0.05) is 12.8 Å². The van der Waals surface area contributed by atoms with Gasteiger partial charge in [0.1, 0.15) is 12.4 Å². The number of fused-ring (bicyclic) bond motifs is 1. The van der Waals surface area contributed by atoms with Crippen molar-refractivity contribution in [2.45, 2.75) is 48.3 Å². The smallest absolute Gasteiger partial charge is 0.253 e. The number of pyridine rings is 2. The van der Waals surface area contributed by atoms with E-state index in [0.717, 1.165) is 24.0 Å². The Labute approximate surface area is 193 Å². The van der Waals surface area contributed by atoms with Gasteiger partial charge in [-0.25, -0.2) is 8.42 Å². The standard InChI is InChI=1S/C25H25N3O4S/c29-25(18-4-3-11-27-15-18)28-19-14-21-22(32-16-19)7-8-23(24(21)17-9-12-26-13-10-17)33(30,31)20-5-1-2-6-20/h3-4,7-13,15,19-20H,1-2,5-6,14,16H2,(H,28,29)/t19-/m0/s1. The van der Waals surface area contributed by atoms with Gasteiger partial charge in [0.15, 0.2) is 9.84 Å². The first-order valence-electron chi connectivity index (χ1n) is 11.2. The van der Waals surface area contributed by atoms with Crippen LogP contribution in [0.5, 0.6) is 5.75 Å². The Bertz CT molecular complexity index is 1260. The summed E-state index contributed by atoms with van der Waals surface area (Å²) in [6.45, 7) is 0.309. The lowest BCUT2D eigenvalue weighted by Gasteiger charge is -2.29. The zero-order chi connectivity index (χ0) is 22.8. The maximum atomic E-state index is 13.6. The minimum atomic E-state index is -3.51. The molecule has 2 aromatic heterocycles. The molecule has 0 bridgehead atoms. The number of rotatable bonds is 5. The fourth-order valence-electron chi connectivity index (χ4n) is 4.75. The average molecular weight is 464 g/mol. The van der Waals surface area contributed by atoms with Crippen LogP contribution in [0.15, 0.2) is 66.1 Å². The summed E-state index contributed by atoms with van der Waals surface area (Å²) in [5, 5.41) is 2.64. The highest BCUT2D eigenvalue weighted by Crippen LogP contribution is 2.42. The molecule has 2 aliphatic rings. The van der Waals surface area contributed by atoms with E-state index in [-0.39, 0.29) is 17.2 Å². The van der Waals surface area contributed by atoms with Crippen molar-refractivity contribution < 1.29 is 17.9 Å². The fraction of sp³-hybridized carbons (Fsp3) is 0.320. The third kappa shape index (κ3) is 4.23. The SMILES string of the molecule is O=C(N[C@@H]1COc2ccc(S(=O)(=O)C3CCCC3)c(-c3ccncc3)c2C1)c1cccnc1. The molecule has 170 valence electrons. The highest BCUT2D eigenvalue weighted by Gasteiger charge is 2.35. The summed E-state index contributed by atoms with van der Waals surface area (Å²) in [4.78, 5) is 21.1. The van der Waals surface area contributed by atoms with Gasteiger partial charge in [0, 0.05) is 42.3 Å². The molecule has 33 heavy (non-hydrogen) atoms. The number of aromatic nitrogens is 2. The van der Waals surface area contributed by atoms with E-state index in [2.05, 4.69) is 15.3 Å². The first kappa shape index (κ1) is 21.6. The van der Waals surface area contributed by atoms with Gasteiger partial charge in [-0.05, 0) is 54.8 Å². The summed E-state index contributed by atoms with van der Waals surface area (Å²) in [6.07, 6.45) is 10.2. The lowest BCUT2D eigenvalue weighted by molar-refractivity contribution is 0.0915. The van der Waals surface area contributed by atoms with Crippen molar-refractivity contribution in [1.82, 2.24) is 15.3 Å². The number of nitrogens with zero attached hydrogens (tertiary/aromatic N) is 2. The number of benzene rings is 1. The molecule has 0 radical (unpaired) electrons. The van der Waals surface area contributed by atoms with E-state index in [1.165, 1.54) is 6.20 Å². The summed E-state index contributed by atoms with van der Waals surface area (Å²) in [5.41, 5.74) is 2.70. The molecule has 5 rings (SSSR count). The molecule has 0 spiro atoms. The molecule has 7 nitrogen and oxygen atoms in total. The van der Waals surface area contributed by atoms with Crippen LogP contribution < -0.4 is 10.1 Å². The molecular formula is C25H25N3O4S. The van der Waals surface area contributed by atoms with Gasteiger partial charge >= 0.3 is 0 Å². The maximum Gasteiger partial charge on any atom is 0.253 e. The zero-order valence-corrected chi connectivity index (χ0v) is 18.9. The average Bonchev–Trinajstić information content (AvgIpc) is 3.40. The summed E-state index contributed by atoms with van der Waals surface area (Å²) in [7, 11) is -3.51. The predicted octanol–water partition coefficient (Wildman–Crippen LogP) is 3.59. The third-order valence-electron chi connectivity index (χ3n) is 6.40. The Hall–Kier alpha value is -3.26. The molecule has 1 aliphatic carbocycles. The summed E-state index contributed by atoms with van der Waals surface area (Å²) in [6, 6.07) is 10.2. The Morgan fingerprint density at radius 3 is 2.52 bits per heavy atom. The minimum Gasteiger partial charge on any atom is -0.491 e. The number of ether oxygens (including phenoxy) is 1. The number of sulfone groups is 1. The van der Waals surface area contributed by atoms with E-state index in [1.54, 1.807) is 42.9 Å². The van der Waals surface area contributed by atoms with E-state index >= 15 is 0 Å². The van der Waals surface area contributed by atoms with Crippen LogP contribution in [0.25, 0.3) is 11.1 Å². The van der Waals surface area contributed by atoms with Crippen LogP contribution in [0.1, 0.15) is 41.6 Å². The van der Waals surface area contributed by atoms with Crippen molar-refractivity contribution in [2.24, 2.45) is 0 Å². The Morgan fingerprint density at radius 2 is 1.79 bits per heavy atom. The van der Waals surface area contributed by atoms with Crippen molar-refractivity contribution in [2.75, 3.05) is 6.61 Å². The summed E-state index contributed by atoms with van der Waals surface area (Å²) in [5.74, 6) is 0.416. The number of nitrogens with one attached hydrogen (secondary N) is 1. The zero-order valence-electron chi connectivity index (χ0n) is 18.1. The Balaban J connectivity index is 1.54. The minimum absolute atomic E-state index is 0.236. The Kier molecular flexibility index (Phi) is 5.85. The largest absolute Gasteiger partial charge is 0.491 e. The van der Waals surface area contributed by atoms with E-state index < -0.39 is 9.84 Å². The molecule has 3 heterocycles. The first-order valence-corrected chi connectivity index (χ1v) is 12.7. The third-order valence-corrected chi connectivity index (χ3v) is 8.70. The molecule has 1 aromatic carbocycles. The second-order valence-corrected chi connectivity index (χ2v) is 10.7. The van der Waals surface area contributed by atoms with Gasteiger partial charge in [0.25, 0.3) is 5.91 Å². The molecule has 1 saturated carbocycles. The number of hydrogen-bond donors (Lipinski definition) is 1. The van der Waals surface area contributed by atoms with Gasteiger partial charge in [-0.3, -0.25) is 14.8 Å². The molecule has 1 N–H and O–H groups in total. The van der Waals surface area contributed by atoms with Crippen LogP contribution in [0.4, 0.5) is 0 Å². The van der Waals surface area contributed by atoms with Crippen LogP contribution in [0.2, 0.25) is 0 Å². The molecular weight excluding hydrogens is 438 g/mol. The van der Waals surface area contributed by atoms with Gasteiger partial charge < -0.3 is 10.1 Å². The van der Waals surface area contributed by atoms with Crippen LogP contribution in [0.3, 0.4) is 0 Å². The quantitative estimate of drug-likeness (QED) is 0.621. The fourth-order valence-corrected chi connectivity index (χ4v) is 6.85. The number of carbonyl (C=O) groups is 1. The monoisotopic (exact) mass is 463 g/mol. The molecule has 0 saturated heterocycles. The molecule has 1 aliphatic heterocycles. The van der Waals surface area contributed by atoms with Crippen LogP contribution in [-0.2, 0) is 16.3 Å². The lowest BCUT2D eigenvalue weighted by atomic mass is 9.93. The molecule has 1 atom stereocenters. The van der Waals surface area contributed by atoms with Gasteiger partial charge in [-0.15, -0.1) is 0 Å². The van der Waals surface area contributed by atoms with Gasteiger partial charge in [0.05, 0.1) is 21.8 Å². The lowest BCUT2D eigenvalue weighted by Crippen LogP contribution is -2.43. The second kappa shape index (κ2) is 8.94. The first-order chi connectivity index (χ1) is 16.0. The summed E-state index contributed by atoms with van der Waals surface area (Å²) < 4.78 is 33.2. The highest BCUT2D eigenvalue weighted by atomic mass is 32.2. The molecule has 1 amide bonds. The number of amides is 1. The molecule has 3 aromatic rings. The number of carbonyl (C=O) groups excluding carboxylic acids is 1.